The number of amides is 2. The van der Waals surface area contributed by atoms with Gasteiger partial charge in [-0.05, 0) is 42.2 Å². The smallest absolute Gasteiger partial charge is 0.313 e. The summed E-state index contributed by atoms with van der Waals surface area (Å²) >= 11 is 0. The van der Waals surface area contributed by atoms with Crippen LogP contribution in [0.5, 0.6) is 0 Å². The molecule has 0 atom stereocenters. The molecule has 2 aromatic carbocycles. The van der Waals surface area contributed by atoms with Gasteiger partial charge in [-0.15, -0.1) is 0 Å². The van der Waals surface area contributed by atoms with Crippen LogP contribution in [0.25, 0.3) is 0 Å². The van der Waals surface area contributed by atoms with Crippen molar-refractivity contribution in [3.8, 4) is 0 Å². The third-order valence-corrected chi connectivity index (χ3v) is 3.52. The number of nitrogens with one attached hydrogen (secondary N) is 2. The standard InChI is InChI=1S/C18H19FN2O2/c1-3-13-5-7-14(8-6-13)11-20-17(22)18(23)21-15-9-4-12(2)16(19)10-15/h4-10H,3,11H2,1-2H3,(H,20,22)(H,21,23). The molecule has 0 saturated carbocycles. The molecule has 0 bridgehead atoms. The average Bonchev–Trinajstić information content (AvgIpc) is 2.56. The van der Waals surface area contributed by atoms with E-state index >= 15 is 0 Å². The lowest BCUT2D eigenvalue weighted by Crippen LogP contribution is -2.34. The third kappa shape index (κ3) is 4.64. The van der Waals surface area contributed by atoms with Gasteiger partial charge in [-0.25, -0.2) is 4.39 Å². The van der Waals surface area contributed by atoms with Crippen LogP contribution in [0.4, 0.5) is 10.1 Å². The SMILES string of the molecule is CCc1ccc(CNC(=O)C(=O)Nc2ccc(C)c(F)c2)cc1. The number of carbonyl (C=O) groups excluding carboxylic acids is 2. The minimum Gasteiger partial charge on any atom is -0.344 e. The second-order valence-corrected chi connectivity index (χ2v) is 5.27. The lowest BCUT2D eigenvalue weighted by atomic mass is 10.1. The first-order chi connectivity index (χ1) is 11.0. The first kappa shape index (κ1) is 16.7. The lowest BCUT2D eigenvalue weighted by Gasteiger charge is -2.08. The molecule has 4 nitrogen and oxygen atoms in total. The van der Waals surface area contributed by atoms with Crippen LogP contribution in [0, 0.1) is 12.7 Å². The van der Waals surface area contributed by atoms with Crippen molar-refractivity contribution in [1.29, 1.82) is 0 Å². The summed E-state index contributed by atoms with van der Waals surface area (Å²) in [4.78, 5) is 23.6. The van der Waals surface area contributed by atoms with Gasteiger partial charge in [0.05, 0.1) is 0 Å². The van der Waals surface area contributed by atoms with Gasteiger partial charge in [0.1, 0.15) is 5.82 Å². The summed E-state index contributed by atoms with van der Waals surface area (Å²) < 4.78 is 13.4. The summed E-state index contributed by atoms with van der Waals surface area (Å²) in [6.45, 7) is 3.95. The van der Waals surface area contributed by atoms with E-state index in [4.69, 9.17) is 0 Å². The van der Waals surface area contributed by atoms with Crippen LogP contribution in [0.3, 0.4) is 0 Å². The van der Waals surface area contributed by atoms with Crippen molar-refractivity contribution in [3.05, 3.63) is 65.0 Å². The summed E-state index contributed by atoms with van der Waals surface area (Å²) in [6, 6.07) is 12.1. The van der Waals surface area contributed by atoms with Gasteiger partial charge < -0.3 is 10.6 Å². The monoisotopic (exact) mass is 314 g/mol. The summed E-state index contributed by atoms with van der Waals surface area (Å²) in [5.74, 6) is -2.01. The Hall–Kier alpha value is -2.69. The van der Waals surface area contributed by atoms with Crippen LogP contribution in [0.15, 0.2) is 42.5 Å². The Morgan fingerprint density at radius 3 is 2.26 bits per heavy atom. The zero-order valence-electron chi connectivity index (χ0n) is 13.2. The molecular weight excluding hydrogens is 295 g/mol. The molecule has 23 heavy (non-hydrogen) atoms. The van der Waals surface area contributed by atoms with Gasteiger partial charge >= 0.3 is 11.8 Å². The summed E-state index contributed by atoms with van der Waals surface area (Å²) in [7, 11) is 0. The zero-order valence-corrected chi connectivity index (χ0v) is 13.2. The second-order valence-electron chi connectivity index (χ2n) is 5.27. The molecule has 120 valence electrons. The van der Waals surface area contributed by atoms with Gasteiger partial charge in [0, 0.05) is 12.2 Å². The van der Waals surface area contributed by atoms with E-state index in [1.165, 1.54) is 17.7 Å². The molecule has 0 aromatic heterocycles. The first-order valence-corrected chi connectivity index (χ1v) is 7.42. The highest BCUT2D eigenvalue weighted by Gasteiger charge is 2.13. The lowest BCUT2D eigenvalue weighted by molar-refractivity contribution is -0.136. The molecule has 2 aromatic rings. The maximum atomic E-state index is 13.4. The first-order valence-electron chi connectivity index (χ1n) is 7.42. The molecule has 2 rings (SSSR count). The Morgan fingerprint density at radius 1 is 1.00 bits per heavy atom. The highest BCUT2D eigenvalue weighted by atomic mass is 19.1. The zero-order chi connectivity index (χ0) is 16.8. The molecule has 0 aliphatic carbocycles. The van der Waals surface area contributed by atoms with Crippen LogP contribution in [0.1, 0.15) is 23.6 Å². The van der Waals surface area contributed by atoms with Crippen molar-refractivity contribution in [2.75, 3.05) is 5.32 Å². The van der Waals surface area contributed by atoms with Gasteiger partial charge in [0.25, 0.3) is 0 Å². The van der Waals surface area contributed by atoms with Gasteiger partial charge in [-0.1, -0.05) is 37.3 Å². The van der Waals surface area contributed by atoms with E-state index in [1.807, 2.05) is 24.3 Å². The molecule has 0 fully saturated rings. The predicted molar refractivity (Wildman–Crippen MR) is 87.4 cm³/mol. The van der Waals surface area contributed by atoms with Crippen molar-refractivity contribution >= 4 is 17.5 Å². The minimum atomic E-state index is -0.821. The van der Waals surface area contributed by atoms with Crippen LogP contribution in [-0.2, 0) is 22.6 Å². The number of anilines is 1. The fourth-order valence-corrected chi connectivity index (χ4v) is 2.01. The van der Waals surface area contributed by atoms with Crippen molar-refractivity contribution in [2.45, 2.75) is 26.8 Å². The summed E-state index contributed by atoms with van der Waals surface area (Å²) in [6.07, 6.45) is 0.947. The molecule has 0 saturated heterocycles. The molecule has 0 aliphatic rings. The van der Waals surface area contributed by atoms with Gasteiger partial charge in [0.15, 0.2) is 0 Å². The third-order valence-electron chi connectivity index (χ3n) is 3.52. The van der Waals surface area contributed by atoms with Gasteiger partial charge in [-0.2, -0.15) is 0 Å². The molecule has 0 spiro atoms. The Balaban J connectivity index is 1.89. The highest BCUT2D eigenvalue weighted by Crippen LogP contribution is 2.13. The molecule has 0 unspecified atom stereocenters. The van der Waals surface area contributed by atoms with E-state index in [2.05, 4.69) is 17.6 Å². The van der Waals surface area contributed by atoms with Crippen molar-refractivity contribution in [1.82, 2.24) is 5.32 Å². The molecule has 2 N–H and O–H groups in total. The normalized spacial score (nSPS) is 10.2. The maximum Gasteiger partial charge on any atom is 0.313 e. The number of carbonyl (C=O) groups is 2. The van der Waals surface area contributed by atoms with E-state index in [0.717, 1.165) is 12.0 Å². The van der Waals surface area contributed by atoms with Crippen LogP contribution >= 0.6 is 0 Å². The maximum absolute atomic E-state index is 13.4. The number of benzene rings is 2. The quantitative estimate of drug-likeness (QED) is 0.853. The van der Waals surface area contributed by atoms with Crippen LogP contribution in [0.2, 0.25) is 0 Å². The van der Waals surface area contributed by atoms with Crippen LogP contribution in [-0.4, -0.2) is 11.8 Å². The Kier molecular flexibility index (Phi) is 5.46. The summed E-state index contributed by atoms with van der Waals surface area (Å²) in [5.41, 5.74) is 2.84. The largest absolute Gasteiger partial charge is 0.344 e. The fourth-order valence-electron chi connectivity index (χ4n) is 2.01. The molecule has 0 radical (unpaired) electrons. The average molecular weight is 314 g/mol. The van der Waals surface area contributed by atoms with Crippen molar-refractivity contribution < 1.29 is 14.0 Å². The molecule has 5 heteroatoms. The van der Waals surface area contributed by atoms with E-state index in [9.17, 15) is 14.0 Å². The Bertz CT molecular complexity index is 711. The molecule has 0 aliphatic heterocycles. The molecule has 0 heterocycles. The number of hydrogen-bond acceptors (Lipinski definition) is 2. The van der Waals surface area contributed by atoms with Gasteiger partial charge in [-0.3, -0.25) is 9.59 Å². The van der Waals surface area contributed by atoms with Crippen LogP contribution < -0.4 is 10.6 Å². The number of halogens is 1. The molecular formula is C18H19FN2O2. The molecule has 2 amide bonds. The van der Waals surface area contributed by atoms with Gasteiger partial charge in [0.2, 0.25) is 0 Å². The number of rotatable bonds is 4. The van der Waals surface area contributed by atoms with Crippen molar-refractivity contribution in [2.24, 2.45) is 0 Å². The number of hydrogen-bond donors (Lipinski definition) is 2. The summed E-state index contributed by atoms with van der Waals surface area (Å²) in [5, 5.41) is 4.91. The van der Waals surface area contributed by atoms with E-state index < -0.39 is 17.6 Å². The predicted octanol–water partition coefficient (Wildman–Crippen LogP) is 2.95. The second kappa shape index (κ2) is 7.54. The van der Waals surface area contributed by atoms with E-state index in [1.54, 1.807) is 13.0 Å². The Morgan fingerprint density at radius 2 is 1.65 bits per heavy atom. The minimum absolute atomic E-state index is 0.251. The number of aryl methyl sites for hydroxylation is 2. The fraction of sp³-hybridized carbons (Fsp3) is 0.222. The highest BCUT2D eigenvalue weighted by molar-refractivity contribution is 6.39. The Labute approximate surface area is 134 Å². The van der Waals surface area contributed by atoms with E-state index in [-0.39, 0.29) is 12.2 Å². The topological polar surface area (TPSA) is 58.2 Å². The van der Waals surface area contributed by atoms with Crippen molar-refractivity contribution in [3.63, 3.8) is 0 Å². The van der Waals surface area contributed by atoms with E-state index in [0.29, 0.717) is 5.56 Å².